The summed E-state index contributed by atoms with van der Waals surface area (Å²) < 4.78 is 5.98. The van der Waals surface area contributed by atoms with Crippen LogP contribution in [0.1, 0.15) is 43.0 Å². The number of carbonyl (C=O) groups excluding carboxylic acids is 2. The molecule has 0 amide bonds. The topological polar surface area (TPSA) is 43.4 Å². The van der Waals surface area contributed by atoms with Crippen molar-refractivity contribution in [3.8, 4) is 5.75 Å². The number of fused-ring (bicyclic) bond motifs is 2. The molecule has 1 aliphatic carbocycles. The van der Waals surface area contributed by atoms with Gasteiger partial charge in [0, 0.05) is 16.7 Å². The Labute approximate surface area is 145 Å². The van der Waals surface area contributed by atoms with Crippen LogP contribution in [0.2, 0.25) is 0 Å². The van der Waals surface area contributed by atoms with Crippen molar-refractivity contribution in [2.24, 2.45) is 0 Å². The van der Waals surface area contributed by atoms with Crippen molar-refractivity contribution in [3.05, 3.63) is 100 Å². The highest BCUT2D eigenvalue weighted by Crippen LogP contribution is 2.35. The average Bonchev–Trinajstić information content (AvgIpc) is 2.66. The number of aryl methyl sites for hydroxylation is 1. The smallest absolute Gasteiger partial charge is 0.198 e. The van der Waals surface area contributed by atoms with E-state index in [1.807, 2.05) is 43.3 Å². The second-order valence-electron chi connectivity index (χ2n) is 6.11. The van der Waals surface area contributed by atoms with E-state index in [4.69, 9.17) is 4.74 Å². The quantitative estimate of drug-likeness (QED) is 0.561. The molecule has 1 aliphatic rings. The van der Waals surface area contributed by atoms with Crippen molar-refractivity contribution in [1.29, 1.82) is 0 Å². The molecule has 3 heteroatoms. The summed E-state index contributed by atoms with van der Waals surface area (Å²) in [5, 5.41) is 0. The number of hydrogen-bond acceptors (Lipinski definition) is 3. The van der Waals surface area contributed by atoms with Crippen molar-refractivity contribution < 1.29 is 14.3 Å². The van der Waals surface area contributed by atoms with Crippen molar-refractivity contribution in [2.45, 2.75) is 13.5 Å². The number of ketones is 2. The van der Waals surface area contributed by atoms with Crippen molar-refractivity contribution in [1.82, 2.24) is 0 Å². The minimum Gasteiger partial charge on any atom is -0.488 e. The maximum atomic E-state index is 13.0. The Morgan fingerprint density at radius 3 is 2.08 bits per heavy atom. The maximum Gasteiger partial charge on any atom is 0.198 e. The highest BCUT2D eigenvalue weighted by molar-refractivity contribution is 6.29. The van der Waals surface area contributed by atoms with Gasteiger partial charge in [0.15, 0.2) is 11.6 Å². The summed E-state index contributed by atoms with van der Waals surface area (Å²) in [4.78, 5) is 25.8. The lowest BCUT2D eigenvalue weighted by molar-refractivity contribution is 0.0975. The molecule has 0 fully saturated rings. The van der Waals surface area contributed by atoms with E-state index in [9.17, 15) is 9.59 Å². The normalized spacial score (nSPS) is 12.5. The lowest BCUT2D eigenvalue weighted by Gasteiger charge is -2.21. The summed E-state index contributed by atoms with van der Waals surface area (Å²) in [5.41, 5.74) is 3.54. The van der Waals surface area contributed by atoms with Gasteiger partial charge >= 0.3 is 0 Å². The van der Waals surface area contributed by atoms with Crippen molar-refractivity contribution in [2.75, 3.05) is 0 Å². The number of carbonyl (C=O) groups is 2. The van der Waals surface area contributed by atoms with Gasteiger partial charge in [-0.15, -0.1) is 0 Å². The van der Waals surface area contributed by atoms with Gasteiger partial charge in [0.2, 0.25) is 0 Å². The van der Waals surface area contributed by atoms with Gasteiger partial charge in [-0.1, -0.05) is 60.7 Å². The first kappa shape index (κ1) is 15.3. The van der Waals surface area contributed by atoms with Gasteiger partial charge in [-0.05, 0) is 24.1 Å². The van der Waals surface area contributed by atoms with E-state index in [-0.39, 0.29) is 11.6 Å². The number of hydrogen-bond donors (Lipinski definition) is 0. The Morgan fingerprint density at radius 1 is 0.720 bits per heavy atom. The van der Waals surface area contributed by atoms with Gasteiger partial charge in [0.25, 0.3) is 0 Å². The number of benzene rings is 3. The van der Waals surface area contributed by atoms with Gasteiger partial charge in [-0.3, -0.25) is 9.59 Å². The molecule has 0 saturated carbocycles. The summed E-state index contributed by atoms with van der Waals surface area (Å²) in [6, 6.07) is 20.2. The molecular weight excluding hydrogens is 312 g/mol. The van der Waals surface area contributed by atoms with Crippen LogP contribution in [0.5, 0.6) is 5.75 Å². The van der Waals surface area contributed by atoms with Gasteiger partial charge in [0.05, 0.1) is 5.56 Å². The Bertz CT molecular complexity index is 987. The first-order valence-corrected chi connectivity index (χ1v) is 8.15. The summed E-state index contributed by atoms with van der Waals surface area (Å²) in [5.74, 6) is 0.209. The molecule has 0 aromatic heterocycles. The molecule has 4 rings (SSSR count). The molecule has 25 heavy (non-hydrogen) atoms. The van der Waals surface area contributed by atoms with Gasteiger partial charge in [-0.2, -0.15) is 0 Å². The molecule has 0 radical (unpaired) electrons. The first-order chi connectivity index (χ1) is 12.2. The third-order valence-corrected chi connectivity index (χ3v) is 4.47. The van der Waals surface area contributed by atoms with Crippen molar-refractivity contribution in [3.63, 3.8) is 0 Å². The average molecular weight is 328 g/mol. The van der Waals surface area contributed by atoms with Gasteiger partial charge in [0.1, 0.15) is 12.4 Å². The monoisotopic (exact) mass is 328 g/mol. The molecule has 3 aromatic rings. The molecule has 0 heterocycles. The van der Waals surface area contributed by atoms with Crippen LogP contribution in [-0.4, -0.2) is 11.6 Å². The molecule has 0 bridgehead atoms. The molecule has 0 N–H and O–H groups in total. The minimum atomic E-state index is -0.156. The van der Waals surface area contributed by atoms with E-state index < -0.39 is 0 Å². The molecule has 0 atom stereocenters. The molecule has 3 aromatic carbocycles. The van der Waals surface area contributed by atoms with Crippen LogP contribution in [0.4, 0.5) is 0 Å². The first-order valence-electron chi connectivity index (χ1n) is 8.15. The van der Waals surface area contributed by atoms with E-state index >= 15 is 0 Å². The van der Waals surface area contributed by atoms with E-state index in [0.717, 1.165) is 11.1 Å². The van der Waals surface area contributed by atoms with Crippen LogP contribution >= 0.6 is 0 Å². The zero-order valence-corrected chi connectivity index (χ0v) is 13.8. The third-order valence-electron chi connectivity index (χ3n) is 4.47. The minimum absolute atomic E-state index is 0.130. The van der Waals surface area contributed by atoms with Crippen LogP contribution in [0.25, 0.3) is 0 Å². The highest BCUT2D eigenvalue weighted by atomic mass is 16.5. The van der Waals surface area contributed by atoms with E-state index in [1.54, 1.807) is 30.3 Å². The van der Waals surface area contributed by atoms with Crippen LogP contribution in [0.15, 0.2) is 66.7 Å². The Morgan fingerprint density at radius 2 is 1.36 bits per heavy atom. The standard InChI is InChI=1S/C22H16O3/c1-14-11-12-18-19(22(14)25-13-15-7-3-2-4-8-15)21(24)17-10-6-5-9-16(17)20(18)23/h2-12H,13H2,1H3. The van der Waals surface area contributed by atoms with Crippen LogP contribution < -0.4 is 4.74 Å². The zero-order valence-electron chi connectivity index (χ0n) is 13.8. The maximum absolute atomic E-state index is 13.0. The molecular formula is C22H16O3. The molecule has 0 spiro atoms. The van der Waals surface area contributed by atoms with Gasteiger partial charge in [-0.25, -0.2) is 0 Å². The fraction of sp³-hybridized carbons (Fsp3) is 0.0909. The summed E-state index contributed by atoms with van der Waals surface area (Å²) in [6.45, 7) is 2.24. The molecule has 0 unspecified atom stereocenters. The largest absolute Gasteiger partial charge is 0.488 e. The van der Waals surface area contributed by atoms with Crippen LogP contribution in [0, 0.1) is 6.92 Å². The second kappa shape index (κ2) is 6.02. The number of ether oxygens (including phenoxy) is 1. The van der Waals surface area contributed by atoms with Crippen LogP contribution in [0.3, 0.4) is 0 Å². The SMILES string of the molecule is Cc1ccc2c(c1OCc1ccccc1)C(=O)c1ccccc1C2=O. The molecule has 3 nitrogen and oxygen atoms in total. The number of rotatable bonds is 3. The fourth-order valence-electron chi connectivity index (χ4n) is 3.18. The van der Waals surface area contributed by atoms with E-state index in [0.29, 0.717) is 34.6 Å². The molecule has 0 aliphatic heterocycles. The summed E-state index contributed by atoms with van der Waals surface area (Å²) >= 11 is 0. The Balaban J connectivity index is 1.79. The second-order valence-corrected chi connectivity index (χ2v) is 6.11. The van der Waals surface area contributed by atoms with Gasteiger partial charge < -0.3 is 4.74 Å². The lowest BCUT2D eigenvalue weighted by Crippen LogP contribution is -2.22. The fourth-order valence-corrected chi connectivity index (χ4v) is 3.18. The molecule has 122 valence electrons. The summed E-state index contributed by atoms with van der Waals surface area (Å²) in [7, 11) is 0. The highest BCUT2D eigenvalue weighted by Gasteiger charge is 2.32. The Kier molecular flexibility index (Phi) is 3.69. The molecule has 0 saturated heterocycles. The Hall–Kier alpha value is -3.20. The summed E-state index contributed by atoms with van der Waals surface area (Å²) in [6.07, 6.45) is 0. The van der Waals surface area contributed by atoms with E-state index in [2.05, 4.69) is 0 Å². The predicted molar refractivity (Wildman–Crippen MR) is 95.3 cm³/mol. The predicted octanol–water partition coefficient (Wildman–Crippen LogP) is 4.35. The van der Waals surface area contributed by atoms with Crippen LogP contribution in [-0.2, 0) is 6.61 Å². The lowest BCUT2D eigenvalue weighted by atomic mass is 9.83. The third kappa shape index (κ3) is 2.54. The van der Waals surface area contributed by atoms with Crippen molar-refractivity contribution >= 4 is 11.6 Å². The zero-order chi connectivity index (χ0) is 17.4. The van der Waals surface area contributed by atoms with E-state index in [1.165, 1.54) is 0 Å².